The van der Waals surface area contributed by atoms with Gasteiger partial charge >= 0.3 is 39.5 Å². The molecule has 5 unspecified atom stereocenters. The number of phosphoric acid groups is 2. The minimum Gasteiger partial charge on any atom is -0.462 e. The van der Waals surface area contributed by atoms with Gasteiger partial charge in [-0.2, -0.15) is 0 Å². The van der Waals surface area contributed by atoms with E-state index in [9.17, 15) is 43.2 Å². The molecule has 0 aliphatic heterocycles. The summed E-state index contributed by atoms with van der Waals surface area (Å²) in [4.78, 5) is 72.6. The molecule has 0 heterocycles. The summed E-state index contributed by atoms with van der Waals surface area (Å²) in [5.41, 5.74) is 0. The van der Waals surface area contributed by atoms with E-state index < -0.39 is 97.5 Å². The highest BCUT2D eigenvalue weighted by Gasteiger charge is 2.30. The van der Waals surface area contributed by atoms with Crippen molar-refractivity contribution in [3.05, 3.63) is 60.8 Å². The first-order chi connectivity index (χ1) is 44.7. The maximum absolute atomic E-state index is 13.0. The van der Waals surface area contributed by atoms with Gasteiger partial charge < -0.3 is 33.8 Å². The topological polar surface area (TPSA) is 237 Å². The molecule has 0 saturated carbocycles. The minimum absolute atomic E-state index is 0.0890. The average Bonchev–Trinajstić information content (AvgIpc) is 2.55. The molecular weight excluding hydrogens is 1210 g/mol. The van der Waals surface area contributed by atoms with E-state index in [0.29, 0.717) is 25.7 Å². The van der Waals surface area contributed by atoms with Crippen LogP contribution in [0.3, 0.4) is 0 Å². The van der Waals surface area contributed by atoms with Crippen molar-refractivity contribution in [1.82, 2.24) is 0 Å². The summed E-state index contributed by atoms with van der Waals surface area (Å²) < 4.78 is 68.2. The maximum atomic E-state index is 13.0. The first-order valence-electron chi connectivity index (χ1n) is 36.5. The second-order valence-corrected chi connectivity index (χ2v) is 27.4. The molecule has 19 heteroatoms. The summed E-state index contributed by atoms with van der Waals surface area (Å²) in [7, 11) is -9.93. The number of hydrogen-bond acceptors (Lipinski definition) is 15. The van der Waals surface area contributed by atoms with Crippen LogP contribution in [0.2, 0.25) is 0 Å². The first-order valence-corrected chi connectivity index (χ1v) is 39.5. The van der Waals surface area contributed by atoms with Crippen molar-refractivity contribution in [2.24, 2.45) is 0 Å². The Balaban J connectivity index is 5.30. The molecule has 0 aliphatic rings. The highest BCUT2D eigenvalue weighted by atomic mass is 31.2. The predicted octanol–water partition coefficient (Wildman–Crippen LogP) is 20.3. The highest BCUT2D eigenvalue weighted by molar-refractivity contribution is 7.47. The predicted molar refractivity (Wildman–Crippen MR) is 372 cm³/mol. The van der Waals surface area contributed by atoms with Gasteiger partial charge in [0.25, 0.3) is 0 Å². The summed E-state index contributed by atoms with van der Waals surface area (Å²) >= 11 is 0. The van der Waals surface area contributed by atoms with Gasteiger partial charge in [-0.15, -0.1) is 0 Å². The molecule has 17 nitrogen and oxygen atoms in total. The molecule has 536 valence electrons. The molecule has 0 aromatic carbocycles. The van der Waals surface area contributed by atoms with Crippen LogP contribution in [0.5, 0.6) is 0 Å². The number of phosphoric ester groups is 2. The Morgan fingerprint density at radius 3 is 0.935 bits per heavy atom. The zero-order chi connectivity index (χ0) is 67.5. The minimum atomic E-state index is -4.97. The number of unbranched alkanes of at least 4 members (excludes halogenated alkanes) is 33. The zero-order valence-corrected chi connectivity index (χ0v) is 60.0. The molecule has 0 aromatic rings. The van der Waals surface area contributed by atoms with Crippen molar-refractivity contribution in [2.45, 2.75) is 341 Å². The van der Waals surface area contributed by atoms with Crippen molar-refractivity contribution in [3.63, 3.8) is 0 Å². The molecule has 0 rings (SSSR count). The van der Waals surface area contributed by atoms with Gasteiger partial charge in [0.1, 0.15) is 19.3 Å². The molecule has 3 N–H and O–H groups in total. The van der Waals surface area contributed by atoms with Crippen LogP contribution in [0, 0.1) is 0 Å². The SMILES string of the molecule is CC/C=C\C/C=C\C/C=C\C/C=C\CCCCC(=O)OCC(COP(=O)(O)OCC(O)COP(=O)(O)OCC(COC(=O)CCCCCCCCCCCCCCCCC)OC(=O)CCCCCCC/C=C\CCCC)OC(=O)CCCCCCCCCCCCC. The number of carbonyl (C=O) groups excluding carboxylic acids is 4. The fourth-order valence-corrected chi connectivity index (χ4v) is 11.5. The Morgan fingerprint density at radius 2 is 0.576 bits per heavy atom. The van der Waals surface area contributed by atoms with Crippen LogP contribution in [0.25, 0.3) is 0 Å². The third kappa shape index (κ3) is 65.4. The van der Waals surface area contributed by atoms with Crippen molar-refractivity contribution in [2.75, 3.05) is 39.6 Å². The fraction of sp³-hybridized carbons (Fsp3) is 0.808. The van der Waals surface area contributed by atoms with Crippen molar-refractivity contribution in [3.8, 4) is 0 Å². The lowest BCUT2D eigenvalue weighted by Gasteiger charge is -2.21. The molecule has 0 aliphatic carbocycles. The summed E-state index contributed by atoms with van der Waals surface area (Å²) in [6, 6.07) is 0. The molecule has 0 saturated heterocycles. The Hall–Kier alpha value is -3.24. The number of aliphatic hydroxyl groups excluding tert-OH is 1. The van der Waals surface area contributed by atoms with Gasteiger partial charge in [0, 0.05) is 25.7 Å². The molecular formula is C73H132O17P2. The van der Waals surface area contributed by atoms with Gasteiger partial charge in [-0.3, -0.25) is 37.3 Å². The molecule has 0 amide bonds. The van der Waals surface area contributed by atoms with Crippen LogP contribution in [0.4, 0.5) is 0 Å². The van der Waals surface area contributed by atoms with Crippen LogP contribution in [-0.4, -0.2) is 96.7 Å². The smallest absolute Gasteiger partial charge is 0.462 e. The van der Waals surface area contributed by atoms with Gasteiger partial charge in [0.05, 0.1) is 26.4 Å². The van der Waals surface area contributed by atoms with Gasteiger partial charge in [-0.25, -0.2) is 9.13 Å². The van der Waals surface area contributed by atoms with E-state index in [1.54, 1.807) is 0 Å². The lowest BCUT2D eigenvalue weighted by Crippen LogP contribution is -2.30. The van der Waals surface area contributed by atoms with E-state index in [-0.39, 0.29) is 25.7 Å². The summed E-state index contributed by atoms with van der Waals surface area (Å²) in [5, 5.41) is 10.6. The van der Waals surface area contributed by atoms with Gasteiger partial charge in [-0.05, 0) is 83.5 Å². The molecule has 5 atom stereocenters. The molecule has 0 aromatic heterocycles. The third-order valence-corrected chi connectivity index (χ3v) is 17.4. The Kier molecular flexibility index (Phi) is 64.0. The second-order valence-electron chi connectivity index (χ2n) is 24.5. The lowest BCUT2D eigenvalue weighted by atomic mass is 10.0. The summed E-state index contributed by atoms with van der Waals surface area (Å²) in [5.74, 6) is -2.21. The first kappa shape index (κ1) is 88.8. The van der Waals surface area contributed by atoms with Crippen LogP contribution in [-0.2, 0) is 65.4 Å². The number of carbonyl (C=O) groups is 4. The quantitative estimate of drug-likeness (QED) is 0.0169. The monoisotopic (exact) mass is 1340 g/mol. The number of allylic oxidation sites excluding steroid dienone is 10. The second kappa shape index (κ2) is 66.4. The maximum Gasteiger partial charge on any atom is 0.472 e. The number of rotatable bonds is 69. The molecule has 0 radical (unpaired) electrons. The van der Waals surface area contributed by atoms with E-state index in [2.05, 4.69) is 88.5 Å². The van der Waals surface area contributed by atoms with Crippen LogP contribution < -0.4 is 0 Å². The van der Waals surface area contributed by atoms with E-state index in [1.165, 1.54) is 122 Å². The number of ether oxygens (including phenoxy) is 4. The number of esters is 4. The van der Waals surface area contributed by atoms with E-state index >= 15 is 0 Å². The van der Waals surface area contributed by atoms with Crippen LogP contribution in [0.1, 0.15) is 323 Å². The zero-order valence-electron chi connectivity index (χ0n) is 58.2. The molecule has 0 bridgehead atoms. The molecule has 92 heavy (non-hydrogen) atoms. The lowest BCUT2D eigenvalue weighted by molar-refractivity contribution is -0.161. The van der Waals surface area contributed by atoms with E-state index in [4.69, 9.17) is 37.0 Å². The van der Waals surface area contributed by atoms with E-state index in [0.717, 1.165) is 122 Å². The highest BCUT2D eigenvalue weighted by Crippen LogP contribution is 2.45. The normalized spacial score (nSPS) is 14.4. The van der Waals surface area contributed by atoms with E-state index in [1.807, 2.05) is 0 Å². The summed E-state index contributed by atoms with van der Waals surface area (Å²) in [6.07, 6.45) is 62.4. The van der Waals surface area contributed by atoms with Gasteiger partial charge in [0.15, 0.2) is 12.2 Å². The molecule has 0 spiro atoms. The van der Waals surface area contributed by atoms with Gasteiger partial charge in [0.2, 0.25) is 0 Å². The largest absolute Gasteiger partial charge is 0.472 e. The standard InChI is InChI=1S/C73H132O17P2/c1-5-9-13-17-21-25-29-31-33-35-39-41-45-49-53-57-70(75)83-63-68(89-72(77)59-55-51-47-43-37-27-23-19-15-11-7-3)65-87-91(79,80)85-61-67(74)62-86-92(81,82)88-66-69(90-73(78)60-56-52-48-44-38-28-24-20-16-12-8-4)64-84-71(76)58-54-50-46-42-40-36-34-32-30-26-22-18-14-10-6-2/h9,13,20-21,24-25,31,33,39,41,67-69,74H,5-8,10-12,14-19,22-23,26-30,32,34-38,40,42-66H2,1-4H3,(H,79,80)(H,81,82)/b13-9-,24-20-,25-21-,33-31-,41-39-. The Bertz CT molecular complexity index is 1990. The molecule has 0 fully saturated rings. The van der Waals surface area contributed by atoms with Gasteiger partial charge in [-0.1, -0.05) is 275 Å². The fourth-order valence-electron chi connectivity index (χ4n) is 9.90. The number of hydrogen-bond donors (Lipinski definition) is 3. The van der Waals surface area contributed by atoms with Crippen molar-refractivity contribution >= 4 is 39.5 Å². The summed E-state index contributed by atoms with van der Waals surface area (Å²) in [6.45, 7) is 4.69. The third-order valence-electron chi connectivity index (χ3n) is 15.5. The Labute approximate surface area is 559 Å². The average molecular weight is 1340 g/mol. The number of aliphatic hydroxyl groups is 1. The Morgan fingerprint density at radius 1 is 0.315 bits per heavy atom. The van der Waals surface area contributed by atoms with Crippen molar-refractivity contribution < 1.29 is 80.2 Å². The van der Waals surface area contributed by atoms with Crippen LogP contribution in [0.15, 0.2) is 60.8 Å². The van der Waals surface area contributed by atoms with Crippen LogP contribution >= 0.6 is 15.6 Å². The van der Waals surface area contributed by atoms with Crippen molar-refractivity contribution in [1.29, 1.82) is 0 Å².